The summed E-state index contributed by atoms with van der Waals surface area (Å²) < 4.78 is 0. The molecule has 1 spiro atoms. The Hall–Kier alpha value is -1.79. The van der Waals surface area contributed by atoms with Crippen LogP contribution in [0.3, 0.4) is 0 Å². The molecule has 40 heavy (non-hydrogen) atoms. The van der Waals surface area contributed by atoms with Gasteiger partial charge in [0.05, 0.1) is 18.3 Å². The summed E-state index contributed by atoms with van der Waals surface area (Å²) in [5, 5.41) is 43.5. The van der Waals surface area contributed by atoms with Crippen LogP contribution in [0.15, 0.2) is 58.7 Å². The fraction of sp³-hybridized carbons (Fsp3) is 0.686. The Morgan fingerprint density at radius 1 is 1.15 bits per heavy atom. The third-order valence-electron chi connectivity index (χ3n) is 9.65. The van der Waals surface area contributed by atoms with Gasteiger partial charge in [-0.3, -0.25) is 4.79 Å². The van der Waals surface area contributed by atoms with Gasteiger partial charge in [0.15, 0.2) is 0 Å². The SMILES string of the molecule is C=C(C=CC=C(CO)C1CCC2(C(CCCO)C(=C(C)C=O)CCC2(C)O)C1O)CCC=C(C)CCCC(C)C. The first-order valence-electron chi connectivity index (χ1n) is 15.4. The molecular formula is C35H56O5. The molecule has 0 bridgehead atoms. The van der Waals surface area contributed by atoms with Crippen LogP contribution >= 0.6 is 0 Å². The third kappa shape index (κ3) is 8.38. The summed E-state index contributed by atoms with van der Waals surface area (Å²) in [6.07, 6.45) is 17.0. The molecule has 0 aliphatic heterocycles. The van der Waals surface area contributed by atoms with Gasteiger partial charge in [0.1, 0.15) is 6.29 Å². The number of carbonyl (C=O) groups is 1. The number of rotatable bonds is 15. The van der Waals surface area contributed by atoms with Crippen molar-refractivity contribution >= 4 is 6.29 Å². The van der Waals surface area contributed by atoms with Gasteiger partial charge in [-0.15, -0.1) is 0 Å². The van der Waals surface area contributed by atoms with Gasteiger partial charge >= 0.3 is 0 Å². The van der Waals surface area contributed by atoms with E-state index in [4.69, 9.17) is 0 Å². The van der Waals surface area contributed by atoms with Crippen LogP contribution in [-0.4, -0.2) is 51.6 Å². The zero-order chi connectivity index (χ0) is 29.9. The molecule has 5 heteroatoms. The fourth-order valence-electron chi connectivity index (χ4n) is 7.24. The van der Waals surface area contributed by atoms with Crippen molar-refractivity contribution < 1.29 is 25.2 Å². The smallest absolute Gasteiger partial charge is 0.145 e. The monoisotopic (exact) mass is 556 g/mol. The minimum Gasteiger partial charge on any atom is -0.396 e. The van der Waals surface area contributed by atoms with Crippen LogP contribution < -0.4 is 0 Å². The number of aliphatic hydroxyl groups excluding tert-OH is 3. The molecule has 0 amide bonds. The van der Waals surface area contributed by atoms with Crippen molar-refractivity contribution in [3.8, 4) is 0 Å². The van der Waals surface area contributed by atoms with E-state index >= 15 is 0 Å². The molecule has 5 unspecified atom stereocenters. The van der Waals surface area contributed by atoms with Crippen molar-refractivity contribution in [1.82, 2.24) is 0 Å². The average Bonchev–Trinajstić information content (AvgIpc) is 3.24. The van der Waals surface area contributed by atoms with E-state index in [9.17, 15) is 25.2 Å². The number of hydrogen-bond acceptors (Lipinski definition) is 5. The maximum atomic E-state index is 11.9. The fourth-order valence-corrected chi connectivity index (χ4v) is 7.24. The Balaban J connectivity index is 2.17. The molecule has 0 aromatic rings. The van der Waals surface area contributed by atoms with Crippen LogP contribution in [0, 0.1) is 23.2 Å². The molecule has 0 radical (unpaired) electrons. The van der Waals surface area contributed by atoms with Crippen LogP contribution in [0.2, 0.25) is 0 Å². The van der Waals surface area contributed by atoms with E-state index in [2.05, 4.69) is 33.4 Å². The zero-order valence-electron chi connectivity index (χ0n) is 25.8. The molecule has 0 aromatic carbocycles. The molecule has 2 saturated carbocycles. The van der Waals surface area contributed by atoms with Crippen molar-refractivity contribution in [2.75, 3.05) is 13.2 Å². The number of hydrogen-bond donors (Lipinski definition) is 4. The summed E-state index contributed by atoms with van der Waals surface area (Å²) in [5.74, 6) is 0.249. The van der Waals surface area contributed by atoms with Gasteiger partial charge in [-0.05, 0) is 108 Å². The standard InChI is InChI=1S/C35H56O5/c1-25(2)11-7-12-26(3)13-8-14-27(4)15-9-16-29(24-38)31-19-21-35(33(31)39)32(17-10-22-36)30(28(5)23-37)18-20-34(35,6)40/h9,13,15-16,23,25,31-33,36,38-40H,4,7-8,10-12,14,17-22,24H2,1-3,5-6H3. The third-order valence-corrected chi connectivity index (χ3v) is 9.65. The molecule has 226 valence electrons. The molecule has 0 aromatic heterocycles. The van der Waals surface area contributed by atoms with Gasteiger partial charge in [0.25, 0.3) is 0 Å². The van der Waals surface area contributed by atoms with Gasteiger partial charge in [0.2, 0.25) is 0 Å². The van der Waals surface area contributed by atoms with Crippen molar-refractivity contribution in [2.45, 2.75) is 117 Å². The summed E-state index contributed by atoms with van der Waals surface area (Å²) >= 11 is 0. The average molecular weight is 557 g/mol. The molecule has 0 saturated heterocycles. The molecule has 2 aliphatic carbocycles. The number of allylic oxidation sites excluding steroid dienone is 8. The highest BCUT2D eigenvalue weighted by Crippen LogP contribution is 2.62. The van der Waals surface area contributed by atoms with Gasteiger partial charge in [-0.25, -0.2) is 0 Å². The summed E-state index contributed by atoms with van der Waals surface area (Å²) in [5.41, 5.74) is 2.88. The van der Waals surface area contributed by atoms with E-state index in [0.717, 1.165) is 48.2 Å². The Kier molecular flexibility index (Phi) is 13.8. The van der Waals surface area contributed by atoms with Crippen molar-refractivity contribution in [3.05, 3.63) is 58.7 Å². The van der Waals surface area contributed by atoms with E-state index in [-0.39, 0.29) is 25.0 Å². The predicted molar refractivity (Wildman–Crippen MR) is 165 cm³/mol. The lowest BCUT2D eigenvalue weighted by Gasteiger charge is -2.55. The second kappa shape index (κ2) is 16.0. The first-order chi connectivity index (χ1) is 18.9. The zero-order valence-corrected chi connectivity index (χ0v) is 25.8. The second-order valence-corrected chi connectivity index (χ2v) is 12.9. The lowest BCUT2D eigenvalue weighted by Crippen LogP contribution is -2.59. The van der Waals surface area contributed by atoms with Crippen LogP contribution in [0.1, 0.15) is 105 Å². The predicted octanol–water partition coefficient (Wildman–Crippen LogP) is 6.78. The Bertz CT molecular complexity index is 966. The summed E-state index contributed by atoms with van der Waals surface area (Å²) in [6.45, 7) is 14.4. The first-order valence-corrected chi connectivity index (χ1v) is 15.4. The Morgan fingerprint density at radius 2 is 1.88 bits per heavy atom. The quantitative estimate of drug-likeness (QED) is 0.0772. The molecular weight excluding hydrogens is 500 g/mol. The number of aliphatic hydroxyl groups is 4. The van der Waals surface area contributed by atoms with Gasteiger partial charge < -0.3 is 20.4 Å². The molecule has 5 nitrogen and oxygen atoms in total. The molecule has 0 heterocycles. The summed E-state index contributed by atoms with van der Waals surface area (Å²) in [6, 6.07) is 0. The van der Waals surface area contributed by atoms with Gasteiger partial charge in [-0.1, -0.05) is 67.9 Å². The minimum absolute atomic E-state index is 0.0195. The topological polar surface area (TPSA) is 98.0 Å². The lowest BCUT2D eigenvalue weighted by atomic mass is 9.52. The highest BCUT2D eigenvalue weighted by molar-refractivity contribution is 5.74. The van der Waals surface area contributed by atoms with E-state index in [1.54, 1.807) is 0 Å². The molecule has 2 rings (SSSR count). The summed E-state index contributed by atoms with van der Waals surface area (Å²) in [4.78, 5) is 11.7. The normalized spacial score (nSPS) is 31.0. The molecule has 4 N–H and O–H groups in total. The van der Waals surface area contributed by atoms with Crippen molar-refractivity contribution in [1.29, 1.82) is 0 Å². The molecule has 5 atom stereocenters. The lowest BCUT2D eigenvalue weighted by molar-refractivity contribution is -0.167. The maximum Gasteiger partial charge on any atom is 0.145 e. The molecule has 2 fully saturated rings. The molecule has 2 aliphatic rings. The number of carbonyl (C=O) groups excluding carboxylic acids is 1. The Morgan fingerprint density at radius 3 is 2.50 bits per heavy atom. The van der Waals surface area contributed by atoms with Crippen LogP contribution in [-0.2, 0) is 4.79 Å². The van der Waals surface area contributed by atoms with Crippen LogP contribution in [0.5, 0.6) is 0 Å². The van der Waals surface area contributed by atoms with Gasteiger partial charge in [0, 0.05) is 17.9 Å². The summed E-state index contributed by atoms with van der Waals surface area (Å²) in [7, 11) is 0. The van der Waals surface area contributed by atoms with Crippen molar-refractivity contribution in [3.63, 3.8) is 0 Å². The number of aldehydes is 1. The van der Waals surface area contributed by atoms with Crippen LogP contribution in [0.25, 0.3) is 0 Å². The van der Waals surface area contributed by atoms with Crippen molar-refractivity contribution in [2.24, 2.45) is 23.2 Å². The van der Waals surface area contributed by atoms with E-state index in [0.29, 0.717) is 44.1 Å². The highest BCUT2D eigenvalue weighted by atomic mass is 16.3. The second-order valence-electron chi connectivity index (χ2n) is 12.9. The van der Waals surface area contributed by atoms with E-state index < -0.39 is 17.1 Å². The minimum atomic E-state index is -1.13. The largest absolute Gasteiger partial charge is 0.396 e. The van der Waals surface area contributed by atoms with E-state index in [1.807, 2.05) is 32.1 Å². The first kappa shape index (κ1) is 34.4. The maximum absolute atomic E-state index is 11.9. The van der Waals surface area contributed by atoms with E-state index in [1.165, 1.54) is 18.4 Å². The van der Waals surface area contributed by atoms with Crippen LogP contribution in [0.4, 0.5) is 0 Å². The highest BCUT2D eigenvalue weighted by Gasteiger charge is 2.63. The Labute approximate surface area is 243 Å². The van der Waals surface area contributed by atoms with Gasteiger partial charge in [-0.2, -0.15) is 0 Å².